The molecule has 4 nitrogen and oxygen atoms in total. The second kappa shape index (κ2) is 5.22. The minimum atomic E-state index is 0.733. The van der Waals surface area contributed by atoms with E-state index < -0.39 is 0 Å². The van der Waals surface area contributed by atoms with Crippen LogP contribution < -0.4 is 10.2 Å². The van der Waals surface area contributed by atoms with E-state index in [1.165, 1.54) is 11.1 Å². The molecule has 2 heterocycles. The van der Waals surface area contributed by atoms with Gasteiger partial charge in [-0.05, 0) is 23.3 Å². The summed E-state index contributed by atoms with van der Waals surface area (Å²) in [5.41, 5.74) is 4.14. The topological polar surface area (TPSA) is 41.3 Å². The quantitative estimate of drug-likeness (QED) is 0.783. The van der Waals surface area contributed by atoms with Crippen LogP contribution in [0.2, 0.25) is 0 Å². The van der Waals surface area contributed by atoms with Crippen molar-refractivity contribution in [3.8, 4) is 11.1 Å². The maximum absolute atomic E-state index is 5.89. The van der Waals surface area contributed by atoms with Gasteiger partial charge in [-0.2, -0.15) is 4.98 Å². The molecular formula is C17H17N3O. The average molecular weight is 279 g/mol. The van der Waals surface area contributed by atoms with Crippen LogP contribution in [0.1, 0.15) is 0 Å². The third-order valence-corrected chi connectivity index (χ3v) is 3.87. The summed E-state index contributed by atoms with van der Waals surface area (Å²) in [4.78, 5) is 6.85. The Bertz CT molecular complexity index is 745. The van der Waals surface area contributed by atoms with Crippen LogP contribution in [0.4, 0.5) is 6.01 Å². The molecule has 0 saturated carbocycles. The molecule has 1 aliphatic heterocycles. The minimum Gasteiger partial charge on any atom is -0.423 e. The summed E-state index contributed by atoms with van der Waals surface area (Å²) in [7, 11) is 0. The average Bonchev–Trinajstić information content (AvgIpc) is 2.99. The molecule has 0 bridgehead atoms. The van der Waals surface area contributed by atoms with Crippen LogP contribution in [-0.2, 0) is 0 Å². The summed E-state index contributed by atoms with van der Waals surface area (Å²) in [5.74, 6) is 0. The zero-order valence-electron chi connectivity index (χ0n) is 11.7. The highest BCUT2D eigenvalue weighted by atomic mass is 16.4. The fourth-order valence-corrected chi connectivity index (χ4v) is 2.72. The first-order chi connectivity index (χ1) is 10.4. The highest BCUT2D eigenvalue weighted by Crippen LogP contribution is 2.27. The van der Waals surface area contributed by atoms with E-state index in [4.69, 9.17) is 4.42 Å². The normalized spacial score (nSPS) is 15.5. The van der Waals surface area contributed by atoms with Crippen molar-refractivity contribution in [3.05, 3.63) is 48.5 Å². The first-order valence-corrected chi connectivity index (χ1v) is 7.32. The van der Waals surface area contributed by atoms with Crippen LogP contribution in [0.25, 0.3) is 22.2 Å². The number of aromatic nitrogens is 1. The highest BCUT2D eigenvalue weighted by molar-refractivity contribution is 5.81. The Balaban J connectivity index is 1.71. The van der Waals surface area contributed by atoms with E-state index in [0.717, 1.165) is 43.3 Å². The van der Waals surface area contributed by atoms with Gasteiger partial charge in [0.1, 0.15) is 5.52 Å². The predicted octanol–water partition coefficient (Wildman–Crippen LogP) is 2.90. The number of rotatable bonds is 2. The molecule has 21 heavy (non-hydrogen) atoms. The second-order valence-electron chi connectivity index (χ2n) is 5.28. The maximum Gasteiger partial charge on any atom is 0.298 e. The first kappa shape index (κ1) is 12.4. The molecule has 0 unspecified atom stereocenters. The molecule has 1 N–H and O–H groups in total. The molecule has 1 aromatic heterocycles. The van der Waals surface area contributed by atoms with Gasteiger partial charge in [-0.1, -0.05) is 36.4 Å². The molecule has 1 saturated heterocycles. The molecule has 0 spiro atoms. The van der Waals surface area contributed by atoms with Crippen molar-refractivity contribution in [2.75, 3.05) is 31.1 Å². The van der Waals surface area contributed by atoms with Crippen molar-refractivity contribution in [1.82, 2.24) is 10.3 Å². The van der Waals surface area contributed by atoms with Gasteiger partial charge in [0.25, 0.3) is 6.01 Å². The van der Waals surface area contributed by atoms with E-state index in [-0.39, 0.29) is 0 Å². The molecule has 1 fully saturated rings. The Kier molecular flexibility index (Phi) is 3.09. The molecule has 4 heteroatoms. The number of benzene rings is 2. The summed E-state index contributed by atoms with van der Waals surface area (Å²) >= 11 is 0. The monoisotopic (exact) mass is 279 g/mol. The van der Waals surface area contributed by atoms with Crippen molar-refractivity contribution in [3.63, 3.8) is 0 Å². The van der Waals surface area contributed by atoms with Gasteiger partial charge in [0.2, 0.25) is 0 Å². The molecule has 0 radical (unpaired) electrons. The van der Waals surface area contributed by atoms with Crippen molar-refractivity contribution in [1.29, 1.82) is 0 Å². The number of nitrogens with one attached hydrogen (secondary N) is 1. The van der Waals surface area contributed by atoms with E-state index in [0.29, 0.717) is 0 Å². The van der Waals surface area contributed by atoms with E-state index in [1.807, 2.05) is 12.1 Å². The lowest BCUT2D eigenvalue weighted by Crippen LogP contribution is -2.43. The molecule has 0 aliphatic carbocycles. The number of nitrogens with zero attached hydrogens (tertiary/aromatic N) is 2. The second-order valence-corrected chi connectivity index (χ2v) is 5.28. The Morgan fingerprint density at radius 3 is 2.57 bits per heavy atom. The van der Waals surface area contributed by atoms with E-state index in [9.17, 15) is 0 Å². The Morgan fingerprint density at radius 1 is 0.952 bits per heavy atom. The van der Waals surface area contributed by atoms with Crippen LogP contribution >= 0.6 is 0 Å². The summed E-state index contributed by atoms with van der Waals surface area (Å²) < 4.78 is 5.89. The van der Waals surface area contributed by atoms with Crippen LogP contribution in [0.5, 0.6) is 0 Å². The van der Waals surface area contributed by atoms with Gasteiger partial charge >= 0.3 is 0 Å². The van der Waals surface area contributed by atoms with Crippen LogP contribution in [0.3, 0.4) is 0 Å². The molecule has 3 aromatic rings. The smallest absolute Gasteiger partial charge is 0.298 e. The molecule has 0 atom stereocenters. The van der Waals surface area contributed by atoms with Gasteiger partial charge in [-0.25, -0.2) is 0 Å². The van der Waals surface area contributed by atoms with E-state index >= 15 is 0 Å². The van der Waals surface area contributed by atoms with Crippen LogP contribution in [0.15, 0.2) is 52.9 Å². The van der Waals surface area contributed by atoms with E-state index in [1.54, 1.807) is 0 Å². The molecule has 4 rings (SSSR count). The molecule has 0 amide bonds. The summed E-state index contributed by atoms with van der Waals surface area (Å²) in [6.07, 6.45) is 0. The number of fused-ring (bicyclic) bond motifs is 1. The SMILES string of the molecule is c1ccc(-c2ccc3oc(N4CCNCC4)nc3c2)cc1. The predicted molar refractivity (Wildman–Crippen MR) is 84.5 cm³/mol. The molecular weight excluding hydrogens is 262 g/mol. The largest absolute Gasteiger partial charge is 0.423 e. The highest BCUT2D eigenvalue weighted by Gasteiger charge is 2.16. The fraction of sp³-hybridized carbons (Fsp3) is 0.235. The Hall–Kier alpha value is -2.33. The van der Waals surface area contributed by atoms with Gasteiger partial charge < -0.3 is 14.6 Å². The molecule has 1 aliphatic rings. The summed E-state index contributed by atoms with van der Waals surface area (Å²) in [6, 6.07) is 17.3. The van der Waals surface area contributed by atoms with Crippen molar-refractivity contribution < 1.29 is 4.42 Å². The number of hydrogen-bond donors (Lipinski definition) is 1. The lowest BCUT2D eigenvalue weighted by Gasteiger charge is -2.25. The molecule has 106 valence electrons. The Labute approximate surface area is 123 Å². The van der Waals surface area contributed by atoms with Crippen molar-refractivity contribution in [2.45, 2.75) is 0 Å². The number of anilines is 1. The fourth-order valence-electron chi connectivity index (χ4n) is 2.72. The van der Waals surface area contributed by atoms with Gasteiger partial charge in [0, 0.05) is 26.2 Å². The zero-order chi connectivity index (χ0) is 14.1. The van der Waals surface area contributed by atoms with Crippen molar-refractivity contribution >= 4 is 17.1 Å². The third-order valence-electron chi connectivity index (χ3n) is 3.87. The van der Waals surface area contributed by atoms with Gasteiger partial charge in [-0.15, -0.1) is 0 Å². The molecule has 2 aromatic carbocycles. The minimum absolute atomic E-state index is 0.733. The van der Waals surface area contributed by atoms with Crippen LogP contribution in [0, 0.1) is 0 Å². The zero-order valence-corrected chi connectivity index (χ0v) is 11.7. The maximum atomic E-state index is 5.89. The standard InChI is InChI=1S/C17H17N3O/c1-2-4-13(5-3-1)14-6-7-16-15(12-14)19-17(21-16)20-10-8-18-9-11-20/h1-7,12,18H,8-11H2. The van der Waals surface area contributed by atoms with Gasteiger partial charge in [0.05, 0.1) is 0 Å². The van der Waals surface area contributed by atoms with Crippen molar-refractivity contribution in [2.24, 2.45) is 0 Å². The number of piperazine rings is 1. The summed E-state index contributed by atoms with van der Waals surface area (Å²) in [6.45, 7) is 3.85. The van der Waals surface area contributed by atoms with Crippen LogP contribution in [-0.4, -0.2) is 31.2 Å². The first-order valence-electron chi connectivity index (χ1n) is 7.32. The Morgan fingerprint density at radius 2 is 1.76 bits per heavy atom. The number of oxazole rings is 1. The van der Waals surface area contributed by atoms with E-state index in [2.05, 4.69) is 51.6 Å². The van der Waals surface area contributed by atoms with Gasteiger partial charge in [0.15, 0.2) is 5.58 Å². The van der Waals surface area contributed by atoms with Gasteiger partial charge in [-0.3, -0.25) is 0 Å². The summed E-state index contributed by atoms with van der Waals surface area (Å²) in [5, 5.41) is 3.34. The number of hydrogen-bond acceptors (Lipinski definition) is 4. The lowest BCUT2D eigenvalue weighted by atomic mass is 10.1. The lowest BCUT2D eigenvalue weighted by molar-refractivity contribution is 0.517. The third kappa shape index (κ3) is 2.38.